The van der Waals surface area contributed by atoms with E-state index in [9.17, 15) is 0 Å². The Labute approximate surface area is 128 Å². The average molecular weight is 285 g/mol. The average Bonchev–Trinajstić information content (AvgIpc) is 2.49. The first-order valence-corrected chi connectivity index (χ1v) is 8.14. The summed E-state index contributed by atoms with van der Waals surface area (Å²) in [6.07, 6.45) is 3.65. The summed E-state index contributed by atoms with van der Waals surface area (Å²) in [4.78, 5) is 0. The number of hydrogen-bond donors (Lipinski definition) is 1. The molecule has 0 aromatic heterocycles. The van der Waals surface area contributed by atoms with Crippen LogP contribution in [-0.4, -0.2) is 12.6 Å². The number of nitrogens with one attached hydrogen (secondary N) is 1. The highest BCUT2D eigenvalue weighted by molar-refractivity contribution is 5.87. The molecule has 21 heavy (non-hydrogen) atoms. The third-order valence-corrected chi connectivity index (χ3v) is 3.75. The molecule has 0 bridgehead atoms. The zero-order valence-electron chi connectivity index (χ0n) is 13.5. The molecule has 1 unspecified atom stereocenters. The van der Waals surface area contributed by atoms with Gasteiger partial charge in [0.1, 0.15) is 5.75 Å². The van der Waals surface area contributed by atoms with Crippen molar-refractivity contribution in [3.8, 4) is 5.75 Å². The van der Waals surface area contributed by atoms with E-state index in [0.29, 0.717) is 0 Å². The van der Waals surface area contributed by atoms with E-state index in [2.05, 4.69) is 62.5 Å². The Kier molecular flexibility index (Phi) is 6.06. The van der Waals surface area contributed by atoms with Crippen LogP contribution in [0.1, 0.15) is 45.6 Å². The minimum atomic E-state index is 0.265. The van der Waals surface area contributed by atoms with Gasteiger partial charge in [0.2, 0.25) is 0 Å². The van der Waals surface area contributed by atoms with Crippen LogP contribution in [0, 0.1) is 0 Å². The molecule has 0 fully saturated rings. The standard InChI is InChI=1S/C19H27NO/c1-4-8-15(3)21-19-12-11-16-9-6-7-10-17(16)18(19)14-20-13-5-2/h6-7,9-12,15,20H,4-5,8,13-14H2,1-3H3. The molecule has 0 heterocycles. The van der Waals surface area contributed by atoms with Gasteiger partial charge in [-0.25, -0.2) is 0 Å². The highest BCUT2D eigenvalue weighted by Gasteiger charge is 2.11. The van der Waals surface area contributed by atoms with Crippen LogP contribution < -0.4 is 10.1 Å². The molecule has 0 saturated heterocycles. The van der Waals surface area contributed by atoms with Crippen molar-refractivity contribution in [2.45, 2.75) is 52.7 Å². The first-order valence-electron chi connectivity index (χ1n) is 8.14. The fourth-order valence-corrected chi connectivity index (χ4v) is 2.68. The molecule has 0 aliphatic carbocycles. The van der Waals surface area contributed by atoms with Crippen LogP contribution >= 0.6 is 0 Å². The smallest absolute Gasteiger partial charge is 0.124 e. The first kappa shape index (κ1) is 15.8. The van der Waals surface area contributed by atoms with Gasteiger partial charge in [0, 0.05) is 12.1 Å². The molecule has 0 radical (unpaired) electrons. The zero-order chi connectivity index (χ0) is 15.1. The normalized spacial score (nSPS) is 12.5. The molecule has 2 rings (SSSR count). The van der Waals surface area contributed by atoms with Crippen molar-refractivity contribution in [2.75, 3.05) is 6.54 Å². The maximum Gasteiger partial charge on any atom is 0.124 e. The van der Waals surface area contributed by atoms with E-state index >= 15 is 0 Å². The highest BCUT2D eigenvalue weighted by Crippen LogP contribution is 2.29. The Bertz CT molecular complexity index is 564. The Morgan fingerprint density at radius 3 is 2.62 bits per heavy atom. The molecular weight excluding hydrogens is 258 g/mol. The van der Waals surface area contributed by atoms with Crippen molar-refractivity contribution >= 4 is 10.8 Å². The topological polar surface area (TPSA) is 21.3 Å². The molecule has 0 amide bonds. The number of benzene rings is 2. The van der Waals surface area contributed by atoms with Gasteiger partial charge in [-0.05, 0) is 43.1 Å². The molecule has 0 spiro atoms. The predicted molar refractivity (Wildman–Crippen MR) is 90.9 cm³/mol. The zero-order valence-corrected chi connectivity index (χ0v) is 13.5. The lowest BCUT2D eigenvalue weighted by molar-refractivity contribution is 0.208. The van der Waals surface area contributed by atoms with Gasteiger partial charge in [0.15, 0.2) is 0 Å². The maximum atomic E-state index is 6.18. The second-order valence-electron chi connectivity index (χ2n) is 5.66. The summed E-state index contributed by atoms with van der Waals surface area (Å²) >= 11 is 0. The molecule has 114 valence electrons. The summed E-state index contributed by atoms with van der Waals surface area (Å²) in [5, 5.41) is 6.08. The van der Waals surface area contributed by atoms with Crippen molar-refractivity contribution in [2.24, 2.45) is 0 Å². The molecular formula is C19H27NO. The van der Waals surface area contributed by atoms with E-state index in [1.165, 1.54) is 16.3 Å². The monoisotopic (exact) mass is 285 g/mol. The van der Waals surface area contributed by atoms with E-state index in [0.717, 1.165) is 38.1 Å². The van der Waals surface area contributed by atoms with Crippen LogP contribution in [0.5, 0.6) is 5.75 Å². The van der Waals surface area contributed by atoms with E-state index in [4.69, 9.17) is 4.74 Å². The van der Waals surface area contributed by atoms with Gasteiger partial charge in [-0.3, -0.25) is 0 Å². The summed E-state index contributed by atoms with van der Waals surface area (Å²) in [6.45, 7) is 8.44. The van der Waals surface area contributed by atoms with Crippen LogP contribution in [0.15, 0.2) is 36.4 Å². The quantitative estimate of drug-likeness (QED) is 0.696. The van der Waals surface area contributed by atoms with Gasteiger partial charge in [-0.1, -0.05) is 50.6 Å². The molecule has 0 saturated carbocycles. The third-order valence-electron chi connectivity index (χ3n) is 3.75. The number of fused-ring (bicyclic) bond motifs is 1. The Morgan fingerprint density at radius 2 is 1.86 bits per heavy atom. The second-order valence-corrected chi connectivity index (χ2v) is 5.66. The first-order chi connectivity index (χ1) is 10.3. The van der Waals surface area contributed by atoms with Crippen molar-refractivity contribution in [3.05, 3.63) is 42.0 Å². The van der Waals surface area contributed by atoms with Crippen molar-refractivity contribution in [3.63, 3.8) is 0 Å². The lowest BCUT2D eigenvalue weighted by Gasteiger charge is -2.19. The summed E-state index contributed by atoms with van der Waals surface area (Å²) in [6, 6.07) is 12.8. The van der Waals surface area contributed by atoms with Crippen LogP contribution in [0.2, 0.25) is 0 Å². The van der Waals surface area contributed by atoms with Crippen LogP contribution in [-0.2, 0) is 6.54 Å². The Hall–Kier alpha value is -1.54. The lowest BCUT2D eigenvalue weighted by atomic mass is 10.0. The number of hydrogen-bond acceptors (Lipinski definition) is 2. The second kappa shape index (κ2) is 8.04. The molecule has 2 aromatic carbocycles. The fourth-order valence-electron chi connectivity index (χ4n) is 2.68. The van der Waals surface area contributed by atoms with Gasteiger partial charge < -0.3 is 10.1 Å². The van der Waals surface area contributed by atoms with Gasteiger partial charge in [0.25, 0.3) is 0 Å². The molecule has 0 aliphatic heterocycles. The van der Waals surface area contributed by atoms with Gasteiger partial charge in [-0.2, -0.15) is 0 Å². The minimum absolute atomic E-state index is 0.265. The maximum absolute atomic E-state index is 6.18. The summed E-state index contributed by atoms with van der Waals surface area (Å²) in [7, 11) is 0. The third kappa shape index (κ3) is 4.21. The van der Waals surface area contributed by atoms with Crippen LogP contribution in [0.4, 0.5) is 0 Å². The molecule has 2 heteroatoms. The van der Waals surface area contributed by atoms with Crippen molar-refractivity contribution in [1.82, 2.24) is 5.32 Å². The lowest BCUT2D eigenvalue weighted by Crippen LogP contribution is -2.17. The summed E-state index contributed by atoms with van der Waals surface area (Å²) in [5.74, 6) is 1.03. The summed E-state index contributed by atoms with van der Waals surface area (Å²) < 4.78 is 6.18. The Morgan fingerprint density at radius 1 is 1.05 bits per heavy atom. The number of ether oxygens (including phenoxy) is 1. The van der Waals surface area contributed by atoms with Crippen LogP contribution in [0.25, 0.3) is 10.8 Å². The summed E-state index contributed by atoms with van der Waals surface area (Å²) in [5.41, 5.74) is 1.28. The van der Waals surface area contributed by atoms with E-state index in [1.807, 2.05) is 0 Å². The molecule has 0 aliphatic rings. The predicted octanol–water partition coefficient (Wildman–Crippen LogP) is 4.91. The highest BCUT2D eigenvalue weighted by atomic mass is 16.5. The molecule has 2 aromatic rings. The molecule has 1 N–H and O–H groups in total. The Balaban J connectivity index is 2.31. The van der Waals surface area contributed by atoms with Crippen LogP contribution in [0.3, 0.4) is 0 Å². The van der Waals surface area contributed by atoms with Crippen molar-refractivity contribution < 1.29 is 4.74 Å². The van der Waals surface area contributed by atoms with E-state index in [-0.39, 0.29) is 6.10 Å². The SMILES string of the molecule is CCCNCc1c(OC(C)CCC)ccc2ccccc12. The minimum Gasteiger partial charge on any atom is -0.490 e. The van der Waals surface area contributed by atoms with E-state index < -0.39 is 0 Å². The molecule has 1 atom stereocenters. The largest absolute Gasteiger partial charge is 0.490 e. The van der Waals surface area contributed by atoms with Gasteiger partial charge in [0.05, 0.1) is 6.10 Å². The number of rotatable bonds is 8. The van der Waals surface area contributed by atoms with Gasteiger partial charge in [-0.15, -0.1) is 0 Å². The van der Waals surface area contributed by atoms with Gasteiger partial charge >= 0.3 is 0 Å². The molecule has 2 nitrogen and oxygen atoms in total. The fraction of sp³-hybridized carbons (Fsp3) is 0.474. The van der Waals surface area contributed by atoms with E-state index in [1.54, 1.807) is 0 Å². The van der Waals surface area contributed by atoms with Crippen molar-refractivity contribution in [1.29, 1.82) is 0 Å².